The Balaban J connectivity index is 2.08. The molecule has 2 rings (SSSR count). The molecule has 0 N–H and O–H groups in total. The van der Waals surface area contributed by atoms with Crippen LogP contribution < -0.4 is 0 Å². The first-order chi connectivity index (χ1) is 8.96. The van der Waals surface area contributed by atoms with Crippen LogP contribution in [0.1, 0.15) is 47.5 Å². The number of esters is 1. The fourth-order valence-electron chi connectivity index (χ4n) is 2.67. The molecule has 2 aliphatic rings. The molecular formula is C15H28O4Si. The van der Waals surface area contributed by atoms with Crippen LogP contribution in [0.4, 0.5) is 0 Å². The van der Waals surface area contributed by atoms with Gasteiger partial charge in [-0.3, -0.25) is 4.79 Å². The number of hydrogen-bond donors (Lipinski definition) is 0. The summed E-state index contributed by atoms with van der Waals surface area (Å²) < 4.78 is 17.8. The second kappa shape index (κ2) is 4.82. The van der Waals surface area contributed by atoms with Gasteiger partial charge >= 0.3 is 5.97 Å². The molecule has 20 heavy (non-hydrogen) atoms. The van der Waals surface area contributed by atoms with Crippen molar-refractivity contribution < 1.29 is 18.7 Å². The zero-order valence-corrected chi connectivity index (χ0v) is 14.8. The van der Waals surface area contributed by atoms with Crippen molar-refractivity contribution in [2.45, 2.75) is 89.5 Å². The molecule has 0 spiro atoms. The lowest BCUT2D eigenvalue weighted by atomic mass is 9.86. The summed E-state index contributed by atoms with van der Waals surface area (Å²) in [7, 11) is -1.84. The normalized spacial score (nSPS) is 37.2. The van der Waals surface area contributed by atoms with Crippen molar-refractivity contribution in [1.29, 1.82) is 0 Å². The summed E-state index contributed by atoms with van der Waals surface area (Å²) in [6, 6.07) is 0. The minimum Gasteiger partial charge on any atom is -0.462 e. The predicted molar refractivity (Wildman–Crippen MR) is 80.1 cm³/mol. The number of ether oxygens (including phenoxy) is 2. The summed E-state index contributed by atoms with van der Waals surface area (Å²) in [4.78, 5) is 11.2. The maximum atomic E-state index is 11.2. The van der Waals surface area contributed by atoms with Gasteiger partial charge in [0.1, 0.15) is 11.7 Å². The lowest BCUT2D eigenvalue weighted by molar-refractivity contribution is -0.149. The van der Waals surface area contributed by atoms with E-state index in [1.54, 1.807) is 0 Å². The highest BCUT2D eigenvalue weighted by molar-refractivity contribution is 6.74. The van der Waals surface area contributed by atoms with E-state index in [0.717, 1.165) is 12.8 Å². The van der Waals surface area contributed by atoms with Gasteiger partial charge in [0.2, 0.25) is 0 Å². The third kappa shape index (κ3) is 2.94. The second-order valence-corrected chi connectivity index (χ2v) is 12.6. The highest BCUT2D eigenvalue weighted by atomic mass is 28.4. The zero-order valence-electron chi connectivity index (χ0n) is 13.8. The Hall–Kier alpha value is -0.393. The third-order valence-corrected chi connectivity index (χ3v) is 9.63. The van der Waals surface area contributed by atoms with Crippen LogP contribution in [-0.2, 0) is 18.7 Å². The van der Waals surface area contributed by atoms with E-state index in [4.69, 9.17) is 13.9 Å². The molecule has 1 aliphatic heterocycles. The van der Waals surface area contributed by atoms with Crippen molar-refractivity contribution in [2.75, 3.05) is 0 Å². The molecule has 1 aliphatic carbocycles. The Kier molecular flexibility index (Phi) is 3.85. The largest absolute Gasteiger partial charge is 0.462 e. The Labute approximate surface area is 123 Å². The summed E-state index contributed by atoms with van der Waals surface area (Å²) in [5.41, 5.74) is -0.174. The number of fused-ring (bicyclic) bond motifs is 1. The number of rotatable bonds is 3. The summed E-state index contributed by atoms with van der Waals surface area (Å²) in [5.74, 6) is -0.217. The third-order valence-electron chi connectivity index (χ3n) is 5.15. The van der Waals surface area contributed by atoms with E-state index >= 15 is 0 Å². The molecule has 0 aromatic rings. The Morgan fingerprint density at radius 3 is 2.40 bits per heavy atom. The first-order valence-electron chi connectivity index (χ1n) is 7.48. The fourth-order valence-corrected chi connectivity index (χ4v) is 4.07. The molecule has 2 fully saturated rings. The average Bonchev–Trinajstić information content (AvgIpc) is 2.87. The molecule has 4 nitrogen and oxygen atoms in total. The molecule has 0 bridgehead atoms. The molecule has 4 unspecified atom stereocenters. The quantitative estimate of drug-likeness (QED) is 0.456. The molecule has 1 saturated carbocycles. The maximum Gasteiger partial charge on any atom is 0.302 e. The summed E-state index contributed by atoms with van der Waals surface area (Å²) in [5, 5.41) is 0.169. The van der Waals surface area contributed by atoms with Crippen molar-refractivity contribution in [3.05, 3.63) is 0 Å². The molecule has 5 heteroatoms. The van der Waals surface area contributed by atoms with Crippen LogP contribution >= 0.6 is 0 Å². The summed E-state index contributed by atoms with van der Waals surface area (Å²) in [6.45, 7) is 14.8. The van der Waals surface area contributed by atoms with Gasteiger partial charge in [-0.25, -0.2) is 0 Å². The van der Waals surface area contributed by atoms with E-state index in [9.17, 15) is 4.79 Å². The van der Waals surface area contributed by atoms with E-state index in [0.29, 0.717) is 0 Å². The van der Waals surface area contributed by atoms with Crippen molar-refractivity contribution in [2.24, 2.45) is 0 Å². The number of carbonyl (C=O) groups is 1. The van der Waals surface area contributed by atoms with Crippen molar-refractivity contribution in [1.82, 2.24) is 0 Å². The van der Waals surface area contributed by atoms with E-state index in [2.05, 4.69) is 40.8 Å². The van der Waals surface area contributed by atoms with Gasteiger partial charge in [0, 0.05) is 19.8 Å². The van der Waals surface area contributed by atoms with Gasteiger partial charge in [-0.15, -0.1) is 0 Å². The molecule has 0 aromatic carbocycles. The lowest BCUT2D eigenvalue weighted by Gasteiger charge is -2.42. The van der Waals surface area contributed by atoms with Gasteiger partial charge in [-0.05, 0) is 25.1 Å². The summed E-state index contributed by atoms with van der Waals surface area (Å²) >= 11 is 0. The van der Waals surface area contributed by atoms with Crippen LogP contribution in [0, 0.1) is 0 Å². The van der Waals surface area contributed by atoms with Gasteiger partial charge in [0.15, 0.2) is 8.32 Å². The van der Waals surface area contributed by atoms with E-state index in [-0.39, 0.29) is 34.9 Å². The van der Waals surface area contributed by atoms with Crippen molar-refractivity contribution >= 4 is 14.3 Å². The SMILES string of the molecule is CC(=O)OC1CC2OC2(C)C(O[Si](C)(C)C(C)(C)C)C1. The molecular weight excluding hydrogens is 272 g/mol. The molecule has 0 aromatic heterocycles. The molecule has 0 amide bonds. The van der Waals surface area contributed by atoms with Crippen molar-refractivity contribution in [3.8, 4) is 0 Å². The van der Waals surface area contributed by atoms with E-state index in [1.165, 1.54) is 6.92 Å². The highest BCUT2D eigenvalue weighted by Crippen LogP contribution is 2.51. The lowest BCUT2D eigenvalue weighted by Crippen LogP contribution is -2.51. The minimum atomic E-state index is -1.84. The van der Waals surface area contributed by atoms with Gasteiger partial charge in [0.05, 0.1) is 12.2 Å². The zero-order chi connectivity index (χ0) is 15.3. The molecule has 1 heterocycles. The monoisotopic (exact) mass is 300 g/mol. The van der Waals surface area contributed by atoms with Crippen molar-refractivity contribution in [3.63, 3.8) is 0 Å². The molecule has 1 saturated heterocycles. The first kappa shape index (κ1) is 16.0. The number of hydrogen-bond acceptors (Lipinski definition) is 4. The van der Waals surface area contributed by atoms with Crippen LogP contribution in [0.2, 0.25) is 18.1 Å². The minimum absolute atomic E-state index is 0.0338. The van der Waals surface area contributed by atoms with Gasteiger partial charge < -0.3 is 13.9 Å². The van der Waals surface area contributed by atoms with Crippen LogP contribution in [0.15, 0.2) is 0 Å². The number of carbonyl (C=O) groups excluding carboxylic acids is 1. The molecule has 116 valence electrons. The number of epoxide rings is 1. The average molecular weight is 300 g/mol. The first-order valence-corrected chi connectivity index (χ1v) is 10.4. The van der Waals surface area contributed by atoms with Crippen LogP contribution in [-0.4, -0.2) is 38.2 Å². The van der Waals surface area contributed by atoms with Gasteiger partial charge in [0.25, 0.3) is 0 Å². The molecule has 0 radical (unpaired) electrons. The van der Waals surface area contributed by atoms with Crippen LogP contribution in [0.25, 0.3) is 0 Å². The Morgan fingerprint density at radius 1 is 1.30 bits per heavy atom. The van der Waals surface area contributed by atoms with Crippen LogP contribution in [0.3, 0.4) is 0 Å². The van der Waals surface area contributed by atoms with E-state index in [1.807, 2.05) is 0 Å². The predicted octanol–water partition coefficient (Wildman–Crippen LogP) is 3.26. The Morgan fingerprint density at radius 2 is 1.90 bits per heavy atom. The van der Waals surface area contributed by atoms with Crippen LogP contribution in [0.5, 0.6) is 0 Å². The topological polar surface area (TPSA) is 48.1 Å². The van der Waals surface area contributed by atoms with E-state index < -0.39 is 8.32 Å². The smallest absolute Gasteiger partial charge is 0.302 e. The highest BCUT2D eigenvalue weighted by Gasteiger charge is 2.63. The molecule has 4 atom stereocenters. The fraction of sp³-hybridized carbons (Fsp3) is 0.933. The standard InChI is InChI=1S/C15H28O4Si/c1-10(16)17-11-8-12-15(5,18-12)13(9-11)19-20(6,7)14(2,3)4/h11-13H,8-9H2,1-7H3. The summed E-state index contributed by atoms with van der Waals surface area (Å²) in [6.07, 6.45) is 1.69. The maximum absolute atomic E-state index is 11.2. The Bertz CT molecular complexity index is 401. The van der Waals surface area contributed by atoms with Gasteiger partial charge in [-0.1, -0.05) is 20.8 Å². The second-order valence-electron chi connectivity index (χ2n) is 7.86. The van der Waals surface area contributed by atoms with Gasteiger partial charge in [-0.2, -0.15) is 0 Å².